The summed E-state index contributed by atoms with van der Waals surface area (Å²) < 4.78 is 8.34. The van der Waals surface area contributed by atoms with E-state index in [1.165, 1.54) is 0 Å². The Morgan fingerprint density at radius 3 is 2.89 bits per heavy atom. The molecule has 0 saturated carbocycles. The van der Waals surface area contributed by atoms with Crippen LogP contribution in [0, 0.1) is 6.92 Å². The highest BCUT2D eigenvalue weighted by Crippen LogP contribution is 2.38. The van der Waals surface area contributed by atoms with E-state index in [4.69, 9.17) is 22.1 Å². The van der Waals surface area contributed by atoms with Crippen LogP contribution in [0.1, 0.15) is 29.0 Å². The average Bonchev–Trinajstić information content (AvgIpc) is 2.92. The number of aryl methyl sites for hydroxylation is 1. The fourth-order valence-electron chi connectivity index (χ4n) is 3.66. The first-order chi connectivity index (χ1) is 13.1. The van der Waals surface area contributed by atoms with Gasteiger partial charge in [-0.25, -0.2) is 4.52 Å². The molecule has 0 aliphatic carbocycles. The van der Waals surface area contributed by atoms with Crippen LogP contribution >= 0.6 is 27.5 Å². The van der Waals surface area contributed by atoms with Gasteiger partial charge in [0.2, 0.25) is 5.28 Å². The lowest BCUT2D eigenvalue weighted by Gasteiger charge is -2.29. The molecule has 8 heteroatoms. The molecule has 142 valence electrons. The Kier molecular flexibility index (Phi) is 5.36. The van der Waals surface area contributed by atoms with Crippen molar-refractivity contribution in [3.05, 3.63) is 56.9 Å². The Morgan fingerprint density at radius 2 is 2.15 bits per heavy atom. The molecule has 0 bridgehead atoms. The Bertz CT molecular complexity index is 962. The fraction of sp³-hybridized carbons (Fsp3) is 0.368. The molecule has 6 nitrogen and oxygen atoms in total. The van der Waals surface area contributed by atoms with Crippen molar-refractivity contribution in [2.24, 2.45) is 5.73 Å². The first-order valence-electron chi connectivity index (χ1n) is 8.91. The van der Waals surface area contributed by atoms with Crippen LogP contribution in [0.4, 0.5) is 5.82 Å². The van der Waals surface area contributed by atoms with Crippen molar-refractivity contribution in [1.82, 2.24) is 14.6 Å². The van der Waals surface area contributed by atoms with Gasteiger partial charge in [0.05, 0.1) is 6.61 Å². The lowest BCUT2D eigenvalue weighted by Crippen LogP contribution is -2.37. The smallest absolute Gasteiger partial charge is 0.243 e. The molecule has 3 aromatic rings. The van der Waals surface area contributed by atoms with E-state index in [1.807, 2.05) is 18.2 Å². The number of halogens is 2. The van der Waals surface area contributed by atoms with Gasteiger partial charge in [0, 0.05) is 25.1 Å². The SMILES string of the molecule is Cc1c([C@H]2COCC[C@@H]2N)c(Br)n2nc(Cl)nc(NCc3ccccc3)c12. The van der Waals surface area contributed by atoms with Crippen LogP contribution in [-0.2, 0) is 11.3 Å². The van der Waals surface area contributed by atoms with Gasteiger partial charge >= 0.3 is 0 Å². The fourth-order valence-corrected chi connectivity index (χ4v) is 4.67. The number of hydrogen-bond donors (Lipinski definition) is 2. The van der Waals surface area contributed by atoms with Gasteiger partial charge in [-0.05, 0) is 57.6 Å². The summed E-state index contributed by atoms with van der Waals surface area (Å²) in [4.78, 5) is 4.43. The summed E-state index contributed by atoms with van der Waals surface area (Å²) in [6.45, 7) is 4.03. The zero-order valence-corrected chi connectivity index (χ0v) is 17.3. The molecular weight excluding hydrogens is 430 g/mol. The van der Waals surface area contributed by atoms with Crippen LogP contribution in [0.3, 0.4) is 0 Å². The molecule has 3 N–H and O–H groups in total. The van der Waals surface area contributed by atoms with Gasteiger partial charge in [-0.1, -0.05) is 30.3 Å². The first-order valence-corrected chi connectivity index (χ1v) is 10.1. The summed E-state index contributed by atoms with van der Waals surface area (Å²) >= 11 is 9.91. The van der Waals surface area contributed by atoms with Gasteiger partial charge in [-0.3, -0.25) is 0 Å². The van der Waals surface area contributed by atoms with Crippen LogP contribution in [0.2, 0.25) is 5.28 Å². The number of rotatable bonds is 4. The topological polar surface area (TPSA) is 77.5 Å². The summed E-state index contributed by atoms with van der Waals surface area (Å²) in [7, 11) is 0. The maximum atomic E-state index is 6.39. The van der Waals surface area contributed by atoms with Crippen molar-refractivity contribution >= 4 is 38.9 Å². The lowest BCUT2D eigenvalue weighted by atomic mass is 9.89. The van der Waals surface area contributed by atoms with Crippen LogP contribution in [0.15, 0.2) is 34.9 Å². The summed E-state index contributed by atoms with van der Waals surface area (Å²) in [5.41, 5.74) is 10.6. The molecule has 1 fully saturated rings. The molecule has 1 saturated heterocycles. The molecule has 1 aromatic carbocycles. The second-order valence-corrected chi connectivity index (χ2v) is 7.88. The summed E-state index contributed by atoms with van der Waals surface area (Å²) in [6, 6.07) is 10.2. The number of ether oxygens (including phenoxy) is 1. The molecule has 1 aliphatic heterocycles. The molecule has 0 amide bonds. The second kappa shape index (κ2) is 7.75. The second-order valence-electron chi connectivity index (χ2n) is 6.79. The monoisotopic (exact) mass is 449 g/mol. The van der Waals surface area contributed by atoms with Gasteiger partial charge in [0.15, 0.2) is 5.82 Å². The highest BCUT2D eigenvalue weighted by Gasteiger charge is 2.31. The van der Waals surface area contributed by atoms with Crippen LogP contribution in [-0.4, -0.2) is 33.9 Å². The van der Waals surface area contributed by atoms with E-state index in [-0.39, 0.29) is 17.2 Å². The zero-order chi connectivity index (χ0) is 19.0. The summed E-state index contributed by atoms with van der Waals surface area (Å²) in [5.74, 6) is 0.809. The van der Waals surface area contributed by atoms with Crippen molar-refractivity contribution < 1.29 is 4.74 Å². The number of nitrogens with zero attached hydrogens (tertiary/aromatic N) is 3. The van der Waals surface area contributed by atoms with Gasteiger partial charge in [-0.2, -0.15) is 4.98 Å². The molecule has 0 spiro atoms. The Labute approximate surface area is 171 Å². The highest BCUT2D eigenvalue weighted by molar-refractivity contribution is 9.10. The average molecular weight is 451 g/mol. The third kappa shape index (κ3) is 3.57. The van der Waals surface area contributed by atoms with Gasteiger partial charge in [0.25, 0.3) is 0 Å². The minimum atomic E-state index is 0.0512. The van der Waals surface area contributed by atoms with E-state index in [0.717, 1.165) is 33.2 Å². The molecular formula is C19H21BrClN5O. The van der Waals surface area contributed by atoms with Gasteiger partial charge < -0.3 is 15.8 Å². The van der Waals surface area contributed by atoms with E-state index in [2.05, 4.69) is 50.4 Å². The minimum absolute atomic E-state index is 0.0512. The Morgan fingerprint density at radius 1 is 1.37 bits per heavy atom. The van der Waals surface area contributed by atoms with Crippen molar-refractivity contribution in [3.8, 4) is 0 Å². The first kappa shape index (κ1) is 18.7. The van der Waals surface area contributed by atoms with Crippen molar-refractivity contribution in [3.63, 3.8) is 0 Å². The van der Waals surface area contributed by atoms with Crippen molar-refractivity contribution in [1.29, 1.82) is 0 Å². The number of aromatic nitrogens is 3. The quantitative estimate of drug-likeness (QED) is 0.630. The van der Waals surface area contributed by atoms with E-state index in [0.29, 0.717) is 25.6 Å². The third-order valence-corrected chi connectivity index (χ3v) is 6.00. The molecule has 3 heterocycles. The standard InChI is InChI=1S/C19H21BrClN5O/c1-11-15(13-10-27-8-7-14(13)22)17(20)26-16(11)18(24-19(21)25-26)23-9-12-5-3-2-4-6-12/h2-6,13-14H,7-10,22H2,1H3,(H,23,24,25)/t13-,14-/m0/s1. The van der Waals surface area contributed by atoms with Gasteiger partial charge in [0.1, 0.15) is 10.1 Å². The minimum Gasteiger partial charge on any atom is -0.381 e. The number of anilines is 1. The molecule has 0 radical (unpaired) electrons. The number of nitrogens with two attached hydrogens (primary N) is 1. The number of nitrogens with one attached hydrogen (secondary N) is 1. The predicted molar refractivity (Wildman–Crippen MR) is 110 cm³/mol. The predicted octanol–water partition coefficient (Wildman–Crippen LogP) is 3.90. The largest absolute Gasteiger partial charge is 0.381 e. The van der Waals surface area contributed by atoms with Crippen molar-refractivity contribution in [2.45, 2.75) is 31.8 Å². The normalized spacial score (nSPS) is 20.1. The van der Waals surface area contributed by atoms with Crippen molar-refractivity contribution in [2.75, 3.05) is 18.5 Å². The lowest BCUT2D eigenvalue weighted by molar-refractivity contribution is 0.0688. The van der Waals surface area contributed by atoms with Crippen LogP contribution in [0.25, 0.3) is 5.52 Å². The maximum Gasteiger partial charge on any atom is 0.243 e. The summed E-state index contributed by atoms with van der Waals surface area (Å²) in [5, 5.41) is 7.98. The molecule has 2 atom stereocenters. The molecule has 1 aliphatic rings. The number of hydrogen-bond acceptors (Lipinski definition) is 5. The highest BCUT2D eigenvalue weighted by atomic mass is 79.9. The Balaban J connectivity index is 1.77. The van der Waals surface area contributed by atoms with E-state index in [9.17, 15) is 0 Å². The molecule has 27 heavy (non-hydrogen) atoms. The van der Waals surface area contributed by atoms with Crippen LogP contribution < -0.4 is 11.1 Å². The van der Waals surface area contributed by atoms with Crippen LogP contribution in [0.5, 0.6) is 0 Å². The molecule has 4 rings (SSSR count). The van der Waals surface area contributed by atoms with E-state index >= 15 is 0 Å². The summed E-state index contributed by atoms with van der Waals surface area (Å²) in [6.07, 6.45) is 0.842. The van der Waals surface area contributed by atoms with E-state index in [1.54, 1.807) is 4.52 Å². The molecule has 2 aromatic heterocycles. The maximum absolute atomic E-state index is 6.39. The van der Waals surface area contributed by atoms with Gasteiger partial charge in [-0.15, -0.1) is 5.10 Å². The third-order valence-electron chi connectivity index (χ3n) is 5.07. The Hall–Kier alpha value is -1.67. The number of fused-ring (bicyclic) bond motifs is 1. The molecule has 0 unspecified atom stereocenters. The van der Waals surface area contributed by atoms with E-state index < -0.39 is 0 Å². The zero-order valence-electron chi connectivity index (χ0n) is 15.0. The number of benzene rings is 1.